The second kappa shape index (κ2) is 12.4. The molecular weight excluding hydrogens is 582 g/mol. The van der Waals surface area contributed by atoms with Gasteiger partial charge in [-0.05, 0) is 50.1 Å². The van der Waals surface area contributed by atoms with Crippen molar-refractivity contribution in [1.82, 2.24) is 24.4 Å². The first-order valence-corrected chi connectivity index (χ1v) is 14.6. The zero-order chi connectivity index (χ0) is 30.1. The molecule has 0 aliphatic carbocycles. The fourth-order valence-electron chi connectivity index (χ4n) is 5.64. The van der Waals surface area contributed by atoms with E-state index in [-0.39, 0.29) is 46.7 Å². The van der Waals surface area contributed by atoms with E-state index in [2.05, 4.69) is 26.4 Å². The van der Waals surface area contributed by atoms with Gasteiger partial charge in [-0.1, -0.05) is 17.7 Å². The standard InChI is InChI=1S/C30H31ClF2N6O4/c1-18-14-38(28-24(33)13-34-30(36-28)43-17-20-4-6-21(31)12-23(20)32)9-8-37(18)16-27-35-25-7-5-19(29(40)41)11-26(25)39(27)15-22-3-2-10-42-22/h4-7,11-13,18,22H,2-3,8-10,14-17H2,1H3,(H,40,41)/t18-,22-/m0/s1. The molecule has 0 amide bonds. The highest BCUT2D eigenvalue weighted by molar-refractivity contribution is 6.30. The molecule has 2 saturated heterocycles. The van der Waals surface area contributed by atoms with E-state index in [1.807, 2.05) is 4.90 Å². The maximum atomic E-state index is 14.9. The SMILES string of the molecule is C[C@H]1CN(c2nc(OCc3ccc(Cl)cc3F)ncc2F)CCN1Cc1nc2ccc(C(=O)O)cc2n1C[C@@H]1CCCO1. The summed E-state index contributed by atoms with van der Waals surface area (Å²) in [6.45, 7) is 5.38. The molecule has 13 heteroatoms. The molecule has 1 N–H and O–H groups in total. The van der Waals surface area contributed by atoms with Crippen LogP contribution in [0.5, 0.6) is 6.01 Å². The van der Waals surface area contributed by atoms with Gasteiger partial charge in [-0.3, -0.25) is 4.90 Å². The summed E-state index contributed by atoms with van der Waals surface area (Å²) in [4.78, 5) is 28.9. The van der Waals surface area contributed by atoms with E-state index in [0.29, 0.717) is 32.7 Å². The summed E-state index contributed by atoms with van der Waals surface area (Å²) in [5, 5.41) is 9.83. The van der Waals surface area contributed by atoms with E-state index < -0.39 is 17.6 Å². The molecule has 4 aromatic rings. The highest BCUT2D eigenvalue weighted by Crippen LogP contribution is 2.27. The van der Waals surface area contributed by atoms with Gasteiger partial charge in [-0.15, -0.1) is 0 Å². The molecule has 43 heavy (non-hydrogen) atoms. The molecule has 0 unspecified atom stereocenters. The molecular formula is C30H31ClF2N6O4. The van der Waals surface area contributed by atoms with Crippen molar-refractivity contribution in [2.45, 2.75) is 51.6 Å². The van der Waals surface area contributed by atoms with Crippen LogP contribution < -0.4 is 9.64 Å². The second-order valence-electron chi connectivity index (χ2n) is 10.9. The van der Waals surface area contributed by atoms with Crippen molar-refractivity contribution >= 4 is 34.4 Å². The van der Waals surface area contributed by atoms with E-state index in [4.69, 9.17) is 26.1 Å². The maximum absolute atomic E-state index is 14.9. The summed E-state index contributed by atoms with van der Waals surface area (Å²) in [5.41, 5.74) is 2.00. The number of carbonyl (C=O) groups is 1. The molecule has 0 spiro atoms. The lowest BCUT2D eigenvalue weighted by molar-refractivity contribution is 0.0697. The Morgan fingerprint density at radius 2 is 2.02 bits per heavy atom. The minimum absolute atomic E-state index is 0.0150. The monoisotopic (exact) mass is 612 g/mol. The Balaban J connectivity index is 1.17. The van der Waals surface area contributed by atoms with Gasteiger partial charge in [0.15, 0.2) is 11.6 Å². The summed E-state index contributed by atoms with van der Waals surface area (Å²) < 4.78 is 42.6. The summed E-state index contributed by atoms with van der Waals surface area (Å²) in [7, 11) is 0. The summed E-state index contributed by atoms with van der Waals surface area (Å²) in [6.07, 6.45) is 3.05. The average molecular weight is 613 g/mol. The molecule has 2 atom stereocenters. The molecule has 0 bridgehead atoms. The summed E-state index contributed by atoms with van der Waals surface area (Å²) >= 11 is 5.82. The number of imidazole rings is 1. The van der Waals surface area contributed by atoms with Gasteiger partial charge in [0.2, 0.25) is 0 Å². The third-order valence-electron chi connectivity index (χ3n) is 7.97. The Bertz CT molecular complexity index is 1650. The number of benzene rings is 2. The maximum Gasteiger partial charge on any atom is 0.335 e. The Morgan fingerprint density at radius 3 is 2.77 bits per heavy atom. The summed E-state index contributed by atoms with van der Waals surface area (Å²) in [6, 6.07) is 9.22. The van der Waals surface area contributed by atoms with Gasteiger partial charge in [0.25, 0.3) is 0 Å². The van der Waals surface area contributed by atoms with Crippen molar-refractivity contribution in [1.29, 1.82) is 0 Å². The number of anilines is 1. The number of ether oxygens (including phenoxy) is 2. The van der Waals surface area contributed by atoms with Crippen LogP contribution in [0.2, 0.25) is 5.02 Å². The number of carboxylic acid groups (broad SMARTS) is 1. The molecule has 10 nitrogen and oxygen atoms in total. The largest absolute Gasteiger partial charge is 0.478 e. The number of piperazine rings is 1. The van der Waals surface area contributed by atoms with Crippen LogP contribution in [0.15, 0.2) is 42.6 Å². The fraction of sp³-hybridized carbons (Fsp3) is 0.400. The molecule has 226 valence electrons. The van der Waals surface area contributed by atoms with E-state index in [9.17, 15) is 18.7 Å². The van der Waals surface area contributed by atoms with Crippen LogP contribution in [0.4, 0.5) is 14.6 Å². The van der Waals surface area contributed by atoms with Crippen molar-refractivity contribution in [3.63, 3.8) is 0 Å². The van der Waals surface area contributed by atoms with Crippen LogP contribution in [0.3, 0.4) is 0 Å². The molecule has 4 heterocycles. The predicted molar refractivity (Wildman–Crippen MR) is 155 cm³/mol. The van der Waals surface area contributed by atoms with E-state index >= 15 is 0 Å². The molecule has 2 aromatic carbocycles. The molecule has 6 rings (SSSR count). The molecule has 0 radical (unpaired) electrons. The van der Waals surface area contributed by atoms with Gasteiger partial charge < -0.3 is 24.0 Å². The van der Waals surface area contributed by atoms with Gasteiger partial charge in [0.1, 0.15) is 18.2 Å². The Morgan fingerprint density at radius 1 is 1.16 bits per heavy atom. The first-order valence-electron chi connectivity index (χ1n) is 14.2. The first-order chi connectivity index (χ1) is 20.7. The Hall–Kier alpha value is -3.87. The van der Waals surface area contributed by atoms with Crippen LogP contribution in [-0.4, -0.2) is 73.9 Å². The minimum atomic E-state index is -0.985. The van der Waals surface area contributed by atoms with Crippen LogP contribution in [0.1, 0.15) is 41.5 Å². The number of nitrogens with zero attached hydrogens (tertiary/aromatic N) is 6. The lowest BCUT2D eigenvalue weighted by Crippen LogP contribution is -2.52. The molecule has 2 aromatic heterocycles. The highest BCUT2D eigenvalue weighted by atomic mass is 35.5. The van der Waals surface area contributed by atoms with Gasteiger partial charge in [-0.25, -0.2) is 23.5 Å². The number of carboxylic acids is 1. The van der Waals surface area contributed by atoms with Crippen LogP contribution in [0, 0.1) is 11.6 Å². The van der Waals surface area contributed by atoms with E-state index in [1.165, 1.54) is 12.1 Å². The predicted octanol–water partition coefficient (Wildman–Crippen LogP) is 4.92. The first kappa shape index (κ1) is 29.2. The highest BCUT2D eigenvalue weighted by Gasteiger charge is 2.29. The fourth-order valence-corrected chi connectivity index (χ4v) is 5.80. The number of hydrogen-bond acceptors (Lipinski definition) is 8. The summed E-state index contributed by atoms with van der Waals surface area (Å²) in [5.74, 6) is -1.11. The molecule has 2 aliphatic rings. The van der Waals surface area contributed by atoms with Crippen molar-refractivity contribution in [2.75, 3.05) is 31.1 Å². The Labute approximate surface area is 251 Å². The zero-order valence-corrected chi connectivity index (χ0v) is 24.3. The normalized spacial score (nSPS) is 19.3. The van der Waals surface area contributed by atoms with Crippen LogP contribution >= 0.6 is 11.6 Å². The van der Waals surface area contributed by atoms with Gasteiger partial charge in [0.05, 0.1) is 42.0 Å². The number of halogens is 3. The molecule has 2 fully saturated rings. The van der Waals surface area contributed by atoms with Crippen LogP contribution in [-0.2, 0) is 24.4 Å². The number of rotatable bonds is 9. The smallest absolute Gasteiger partial charge is 0.335 e. The Kier molecular flexibility index (Phi) is 8.42. The van der Waals surface area contributed by atoms with Gasteiger partial charge in [0, 0.05) is 42.9 Å². The third-order valence-corrected chi connectivity index (χ3v) is 8.20. The lowest BCUT2D eigenvalue weighted by atomic mass is 10.2. The second-order valence-corrected chi connectivity index (χ2v) is 11.3. The number of aromatic nitrogens is 4. The van der Waals surface area contributed by atoms with Crippen molar-refractivity contribution in [2.24, 2.45) is 0 Å². The van der Waals surface area contributed by atoms with Crippen molar-refractivity contribution in [3.8, 4) is 6.01 Å². The van der Waals surface area contributed by atoms with Gasteiger partial charge in [-0.2, -0.15) is 4.98 Å². The van der Waals surface area contributed by atoms with E-state index in [0.717, 1.165) is 42.5 Å². The number of hydrogen-bond donors (Lipinski definition) is 1. The zero-order valence-electron chi connectivity index (χ0n) is 23.5. The van der Waals surface area contributed by atoms with Gasteiger partial charge >= 0.3 is 12.0 Å². The van der Waals surface area contributed by atoms with Crippen molar-refractivity contribution < 1.29 is 28.2 Å². The quantitative estimate of drug-likeness (QED) is 0.282. The third kappa shape index (κ3) is 6.41. The topological polar surface area (TPSA) is 106 Å². The number of aromatic carboxylic acids is 1. The van der Waals surface area contributed by atoms with Crippen molar-refractivity contribution in [3.05, 3.63) is 76.2 Å². The van der Waals surface area contributed by atoms with Crippen LogP contribution in [0.25, 0.3) is 11.0 Å². The van der Waals surface area contributed by atoms with E-state index in [1.54, 1.807) is 24.3 Å². The lowest BCUT2D eigenvalue weighted by Gasteiger charge is -2.40. The number of fused-ring (bicyclic) bond motifs is 1. The molecule has 0 saturated carbocycles. The average Bonchev–Trinajstić information content (AvgIpc) is 3.62. The minimum Gasteiger partial charge on any atom is -0.478 e. The molecule has 2 aliphatic heterocycles.